The van der Waals surface area contributed by atoms with Crippen LogP contribution in [0.5, 0.6) is 0 Å². The summed E-state index contributed by atoms with van der Waals surface area (Å²) < 4.78 is 0. The van der Waals surface area contributed by atoms with Crippen molar-refractivity contribution in [1.82, 2.24) is 24.7 Å². The lowest BCUT2D eigenvalue weighted by Gasteiger charge is -2.35. The van der Waals surface area contributed by atoms with Crippen LogP contribution in [0.4, 0.5) is 5.82 Å². The van der Waals surface area contributed by atoms with Gasteiger partial charge in [0.15, 0.2) is 0 Å². The van der Waals surface area contributed by atoms with Gasteiger partial charge in [0.2, 0.25) is 5.91 Å². The standard InChI is InChI=1S/C27H36N6O2S/c1-2-10-31-13-15-32(16-14-31)11-9-24(35)33-12-8-21-23(17-33)36-27-25(21)26(28-19-29-27)30-22(18-34)20-6-4-3-5-7-20/h3-7,19,22,34H,2,8-18H2,1H3,(H,28,29,30)/t22-/m1/s1. The van der Waals surface area contributed by atoms with E-state index >= 15 is 0 Å². The highest BCUT2D eigenvalue weighted by molar-refractivity contribution is 7.19. The molecule has 36 heavy (non-hydrogen) atoms. The Bertz CT molecular complexity index is 1160. The molecule has 1 aromatic carbocycles. The van der Waals surface area contributed by atoms with Crippen molar-refractivity contribution in [2.75, 3.05) is 57.7 Å². The lowest BCUT2D eigenvalue weighted by molar-refractivity contribution is -0.132. The van der Waals surface area contributed by atoms with E-state index in [0.29, 0.717) is 13.0 Å². The molecule has 3 aromatic rings. The van der Waals surface area contributed by atoms with Crippen LogP contribution in [-0.4, -0.2) is 88.1 Å². The van der Waals surface area contributed by atoms with E-state index < -0.39 is 0 Å². The number of aromatic nitrogens is 2. The van der Waals surface area contributed by atoms with Gasteiger partial charge in [0, 0.05) is 50.6 Å². The molecule has 8 nitrogen and oxygen atoms in total. The molecule has 9 heteroatoms. The molecule has 2 aliphatic heterocycles. The van der Waals surface area contributed by atoms with Gasteiger partial charge in [-0.1, -0.05) is 37.3 Å². The summed E-state index contributed by atoms with van der Waals surface area (Å²) in [5, 5.41) is 14.5. The molecule has 1 atom stereocenters. The molecule has 0 bridgehead atoms. The molecule has 0 spiro atoms. The van der Waals surface area contributed by atoms with E-state index in [1.54, 1.807) is 17.7 Å². The Hall–Kier alpha value is -2.59. The molecule has 2 aromatic heterocycles. The fourth-order valence-electron chi connectivity index (χ4n) is 5.30. The van der Waals surface area contributed by atoms with Crippen LogP contribution in [0.2, 0.25) is 0 Å². The van der Waals surface area contributed by atoms with Crippen LogP contribution in [0.3, 0.4) is 0 Å². The average molecular weight is 509 g/mol. The number of carbonyl (C=O) groups is 1. The predicted octanol–water partition coefficient (Wildman–Crippen LogP) is 3.14. The first-order valence-electron chi connectivity index (χ1n) is 13.1. The van der Waals surface area contributed by atoms with Gasteiger partial charge in [0.05, 0.1) is 24.6 Å². The minimum atomic E-state index is -0.245. The Morgan fingerprint density at radius 3 is 2.56 bits per heavy atom. The molecule has 0 saturated carbocycles. The maximum absolute atomic E-state index is 13.1. The fourth-order valence-corrected chi connectivity index (χ4v) is 6.50. The van der Waals surface area contributed by atoms with E-state index in [-0.39, 0.29) is 18.6 Å². The summed E-state index contributed by atoms with van der Waals surface area (Å²) in [5.41, 5.74) is 2.25. The van der Waals surface area contributed by atoms with Gasteiger partial charge in [-0.15, -0.1) is 11.3 Å². The number of aliphatic hydroxyl groups is 1. The summed E-state index contributed by atoms with van der Waals surface area (Å²) >= 11 is 1.65. The van der Waals surface area contributed by atoms with Crippen molar-refractivity contribution >= 4 is 33.3 Å². The third-order valence-electron chi connectivity index (χ3n) is 7.33. The molecule has 2 N–H and O–H groups in total. The number of nitrogens with one attached hydrogen (secondary N) is 1. The second-order valence-corrected chi connectivity index (χ2v) is 10.8. The van der Waals surface area contributed by atoms with E-state index in [1.807, 2.05) is 35.2 Å². The number of aliphatic hydroxyl groups excluding tert-OH is 1. The molecule has 0 unspecified atom stereocenters. The molecule has 1 amide bonds. The zero-order valence-electron chi connectivity index (χ0n) is 21.0. The second-order valence-electron chi connectivity index (χ2n) is 9.69. The normalized spacial score (nSPS) is 17.8. The minimum absolute atomic E-state index is 0.0300. The Labute approximate surface area is 216 Å². The maximum atomic E-state index is 13.1. The topological polar surface area (TPSA) is 84.8 Å². The van der Waals surface area contributed by atoms with Crippen LogP contribution in [0, 0.1) is 0 Å². The van der Waals surface area contributed by atoms with E-state index in [1.165, 1.54) is 23.4 Å². The zero-order chi connectivity index (χ0) is 24.9. The van der Waals surface area contributed by atoms with E-state index in [9.17, 15) is 9.90 Å². The third kappa shape index (κ3) is 5.54. The van der Waals surface area contributed by atoms with Gasteiger partial charge in [-0.05, 0) is 30.5 Å². The number of fused-ring (bicyclic) bond motifs is 3. The van der Waals surface area contributed by atoms with Gasteiger partial charge in [0.25, 0.3) is 0 Å². The van der Waals surface area contributed by atoms with E-state index in [4.69, 9.17) is 0 Å². The lowest BCUT2D eigenvalue weighted by Crippen LogP contribution is -2.47. The summed E-state index contributed by atoms with van der Waals surface area (Å²) in [7, 11) is 0. The van der Waals surface area contributed by atoms with Crippen LogP contribution >= 0.6 is 11.3 Å². The van der Waals surface area contributed by atoms with Crippen LogP contribution in [-0.2, 0) is 17.8 Å². The number of nitrogens with zero attached hydrogens (tertiary/aromatic N) is 5. The quantitative estimate of drug-likeness (QED) is 0.459. The maximum Gasteiger partial charge on any atom is 0.224 e. The minimum Gasteiger partial charge on any atom is -0.394 e. The van der Waals surface area contributed by atoms with Gasteiger partial charge in [-0.3, -0.25) is 4.79 Å². The number of hydrogen-bond acceptors (Lipinski definition) is 8. The Kier molecular flexibility index (Phi) is 8.11. The number of anilines is 1. The first kappa shape index (κ1) is 25.1. The Morgan fingerprint density at radius 2 is 1.83 bits per heavy atom. The largest absolute Gasteiger partial charge is 0.394 e. The summed E-state index contributed by atoms with van der Waals surface area (Å²) in [6.45, 7) is 9.90. The fraction of sp³-hybridized carbons (Fsp3) is 0.519. The van der Waals surface area contributed by atoms with Gasteiger partial charge in [-0.25, -0.2) is 9.97 Å². The number of benzene rings is 1. The van der Waals surface area contributed by atoms with Crippen LogP contribution in [0.15, 0.2) is 36.7 Å². The number of thiophene rings is 1. The van der Waals surface area contributed by atoms with Crippen molar-refractivity contribution in [3.63, 3.8) is 0 Å². The lowest BCUT2D eigenvalue weighted by atomic mass is 10.0. The number of amides is 1. The molecule has 5 rings (SSSR count). The highest BCUT2D eigenvalue weighted by Crippen LogP contribution is 2.38. The molecule has 0 aliphatic carbocycles. The first-order chi connectivity index (χ1) is 17.7. The number of piperazine rings is 1. The number of carbonyl (C=O) groups excluding carboxylic acids is 1. The van der Waals surface area contributed by atoms with Crippen molar-refractivity contribution in [1.29, 1.82) is 0 Å². The molecule has 1 saturated heterocycles. The van der Waals surface area contributed by atoms with Gasteiger partial charge >= 0.3 is 0 Å². The average Bonchev–Trinajstić information content (AvgIpc) is 3.30. The molecule has 2 aliphatic rings. The molecule has 0 radical (unpaired) electrons. The predicted molar refractivity (Wildman–Crippen MR) is 144 cm³/mol. The highest BCUT2D eigenvalue weighted by atomic mass is 32.1. The molecular formula is C27H36N6O2S. The van der Waals surface area contributed by atoms with Gasteiger partial charge in [0.1, 0.15) is 17.0 Å². The number of rotatable bonds is 9. The first-order valence-corrected chi connectivity index (χ1v) is 13.9. The van der Waals surface area contributed by atoms with Gasteiger partial charge < -0.3 is 25.1 Å². The summed E-state index contributed by atoms with van der Waals surface area (Å²) in [6.07, 6.45) is 4.16. The van der Waals surface area contributed by atoms with Crippen molar-refractivity contribution in [3.05, 3.63) is 52.7 Å². The Morgan fingerprint density at radius 1 is 1.08 bits per heavy atom. The second kappa shape index (κ2) is 11.6. The Balaban J connectivity index is 1.24. The number of hydrogen-bond donors (Lipinski definition) is 2. The molecule has 1 fully saturated rings. The van der Waals surface area contributed by atoms with Crippen LogP contribution in [0.1, 0.15) is 41.8 Å². The van der Waals surface area contributed by atoms with Crippen molar-refractivity contribution in [2.45, 2.75) is 38.8 Å². The molecule has 4 heterocycles. The van der Waals surface area contributed by atoms with Crippen molar-refractivity contribution in [2.24, 2.45) is 0 Å². The third-order valence-corrected chi connectivity index (χ3v) is 8.46. The van der Waals surface area contributed by atoms with Crippen LogP contribution < -0.4 is 5.32 Å². The summed E-state index contributed by atoms with van der Waals surface area (Å²) in [4.78, 5) is 31.2. The zero-order valence-corrected chi connectivity index (χ0v) is 21.8. The molecular weight excluding hydrogens is 472 g/mol. The molecule has 192 valence electrons. The SMILES string of the molecule is CCCN1CCN(CCC(=O)N2CCc3c(sc4ncnc(N[C@H](CO)c5ccccc5)c34)C2)CC1. The van der Waals surface area contributed by atoms with E-state index in [0.717, 1.165) is 67.3 Å². The highest BCUT2D eigenvalue weighted by Gasteiger charge is 2.27. The van der Waals surface area contributed by atoms with Crippen molar-refractivity contribution < 1.29 is 9.90 Å². The summed E-state index contributed by atoms with van der Waals surface area (Å²) in [5.74, 6) is 0.991. The van der Waals surface area contributed by atoms with E-state index in [2.05, 4.69) is 32.0 Å². The van der Waals surface area contributed by atoms with Gasteiger partial charge in [-0.2, -0.15) is 0 Å². The monoisotopic (exact) mass is 508 g/mol. The smallest absolute Gasteiger partial charge is 0.224 e. The van der Waals surface area contributed by atoms with Crippen LogP contribution in [0.25, 0.3) is 10.2 Å². The van der Waals surface area contributed by atoms with Crippen molar-refractivity contribution in [3.8, 4) is 0 Å². The summed E-state index contributed by atoms with van der Waals surface area (Å²) in [6, 6.07) is 9.68.